The minimum absolute atomic E-state index is 0.00599. The van der Waals surface area contributed by atoms with E-state index in [1.54, 1.807) is 7.11 Å². The molecule has 0 unspecified atom stereocenters. The fourth-order valence-electron chi connectivity index (χ4n) is 4.26. The maximum Gasteiger partial charge on any atom is 0.251 e. The Bertz CT molecular complexity index is 795. The van der Waals surface area contributed by atoms with Crippen LogP contribution in [0, 0.1) is 5.92 Å². The summed E-state index contributed by atoms with van der Waals surface area (Å²) in [5.41, 5.74) is 0.664. The van der Waals surface area contributed by atoms with Gasteiger partial charge in [0.05, 0.1) is 7.11 Å². The first-order valence-corrected chi connectivity index (χ1v) is 9.61. The van der Waals surface area contributed by atoms with Crippen LogP contribution in [0.4, 0.5) is 0 Å². The molecule has 0 radical (unpaired) electrons. The van der Waals surface area contributed by atoms with Crippen molar-refractivity contribution in [3.63, 3.8) is 0 Å². The number of nitrogens with zero attached hydrogens (tertiary/aromatic N) is 1. The van der Waals surface area contributed by atoms with Gasteiger partial charge in [0.25, 0.3) is 5.91 Å². The van der Waals surface area contributed by atoms with Gasteiger partial charge >= 0.3 is 0 Å². The second kappa shape index (κ2) is 7.61. The summed E-state index contributed by atoms with van der Waals surface area (Å²) in [6, 6.07) is 15.4. The zero-order chi connectivity index (χ0) is 18.8. The smallest absolute Gasteiger partial charge is 0.251 e. The van der Waals surface area contributed by atoms with Crippen LogP contribution in [0.1, 0.15) is 30.1 Å². The molecule has 2 atom stereocenters. The van der Waals surface area contributed by atoms with Gasteiger partial charge in [-0.05, 0) is 75.2 Å². The highest BCUT2D eigenvalue weighted by Crippen LogP contribution is 2.32. The Labute approximate surface area is 160 Å². The number of nitrogens with one attached hydrogen (secondary N) is 1. The molecule has 0 aromatic heterocycles. The van der Waals surface area contributed by atoms with E-state index in [0.717, 1.165) is 18.8 Å². The van der Waals surface area contributed by atoms with Crippen LogP contribution >= 0.6 is 0 Å². The Morgan fingerprint density at radius 3 is 2.41 bits per heavy atom. The lowest BCUT2D eigenvalue weighted by atomic mass is 9.79. The summed E-state index contributed by atoms with van der Waals surface area (Å²) in [5, 5.41) is 3.26. The third-order valence-electron chi connectivity index (χ3n) is 5.87. The zero-order valence-electron chi connectivity index (χ0n) is 15.9. The summed E-state index contributed by atoms with van der Waals surface area (Å²) < 4.78 is 11.1. The van der Waals surface area contributed by atoms with Crippen molar-refractivity contribution in [1.82, 2.24) is 10.2 Å². The molecule has 27 heavy (non-hydrogen) atoms. The summed E-state index contributed by atoms with van der Waals surface area (Å²) >= 11 is 0. The number of rotatable bonds is 5. The van der Waals surface area contributed by atoms with Crippen molar-refractivity contribution in [1.29, 1.82) is 0 Å². The first kappa shape index (κ1) is 17.9. The molecule has 5 nitrogen and oxygen atoms in total. The van der Waals surface area contributed by atoms with E-state index < -0.39 is 0 Å². The number of carbonyl (C=O) groups excluding carboxylic acids is 1. The van der Waals surface area contributed by atoms with Crippen LogP contribution in [0.25, 0.3) is 0 Å². The lowest BCUT2D eigenvalue weighted by Crippen LogP contribution is -2.62. The van der Waals surface area contributed by atoms with E-state index in [0.29, 0.717) is 29.0 Å². The minimum Gasteiger partial charge on any atom is -0.497 e. The fourth-order valence-corrected chi connectivity index (χ4v) is 4.26. The molecule has 3 aliphatic heterocycles. The molecule has 3 heterocycles. The highest BCUT2D eigenvalue weighted by Gasteiger charge is 2.40. The van der Waals surface area contributed by atoms with E-state index in [1.807, 2.05) is 48.5 Å². The lowest BCUT2D eigenvalue weighted by molar-refractivity contribution is 0.0217. The molecule has 2 bridgehead atoms. The Morgan fingerprint density at radius 1 is 1.04 bits per heavy atom. The maximum absolute atomic E-state index is 12.7. The zero-order valence-corrected chi connectivity index (χ0v) is 15.9. The highest BCUT2D eigenvalue weighted by molar-refractivity contribution is 5.94. The average molecular weight is 366 g/mol. The van der Waals surface area contributed by atoms with Gasteiger partial charge in [0.2, 0.25) is 0 Å². The lowest BCUT2D eigenvalue weighted by Gasteiger charge is -2.49. The molecular formula is C22H26N2O3. The molecule has 1 amide bonds. The van der Waals surface area contributed by atoms with Crippen molar-refractivity contribution in [2.75, 3.05) is 20.2 Å². The molecule has 0 aliphatic carbocycles. The number of methoxy groups -OCH3 is 1. The summed E-state index contributed by atoms with van der Waals surface area (Å²) in [6.07, 6.45) is 2.37. The van der Waals surface area contributed by atoms with Gasteiger partial charge < -0.3 is 14.8 Å². The second-order valence-corrected chi connectivity index (χ2v) is 7.42. The van der Waals surface area contributed by atoms with E-state index in [1.165, 1.54) is 12.8 Å². The minimum atomic E-state index is -0.00599. The molecule has 1 N–H and O–H groups in total. The number of carbonyl (C=O) groups is 1. The summed E-state index contributed by atoms with van der Waals surface area (Å²) in [5.74, 6) is 2.73. The molecule has 0 spiro atoms. The third kappa shape index (κ3) is 3.78. The summed E-state index contributed by atoms with van der Waals surface area (Å²) in [7, 11) is 1.63. The second-order valence-electron chi connectivity index (χ2n) is 7.42. The number of benzene rings is 2. The quantitative estimate of drug-likeness (QED) is 0.877. The van der Waals surface area contributed by atoms with Crippen molar-refractivity contribution in [2.45, 2.75) is 31.8 Å². The van der Waals surface area contributed by atoms with Gasteiger partial charge in [0.15, 0.2) is 0 Å². The molecule has 5 heteroatoms. The Hall–Kier alpha value is -2.53. The van der Waals surface area contributed by atoms with Crippen molar-refractivity contribution < 1.29 is 14.3 Å². The third-order valence-corrected chi connectivity index (χ3v) is 5.87. The fraction of sp³-hybridized carbons (Fsp3) is 0.409. The molecule has 2 aromatic carbocycles. The molecular weight excluding hydrogens is 340 g/mol. The number of amides is 1. The Morgan fingerprint density at radius 2 is 1.74 bits per heavy atom. The molecule has 5 rings (SSSR count). The summed E-state index contributed by atoms with van der Waals surface area (Å²) in [4.78, 5) is 15.2. The van der Waals surface area contributed by atoms with Gasteiger partial charge in [-0.1, -0.05) is 6.07 Å². The predicted octanol–water partition coefficient (Wildman–Crippen LogP) is 3.70. The number of piperidine rings is 3. The Balaban J connectivity index is 1.40. The molecule has 3 aliphatic rings. The normalized spacial score (nSPS) is 26.4. The SMILES string of the molecule is COc1cccc(Oc2ccc(C(=O)N[C@@H]3C4CCN(CC4)[C@H]3C)cc2)c1. The van der Waals surface area contributed by atoms with E-state index in [4.69, 9.17) is 9.47 Å². The number of hydrogen-bond donors (Lipinski definition) is 1. The van der Waals surface area contributed by atoms with Crippen LogP contribution in [0.15, 0.2) is 48.5 Å². The van der Waals surface area contributed by atoms with E-state index in [9.17, 15) is 4.79 Å². The van der Waals surface area contributed by atoms with E-state index in [-0.39, 0.29) is 11.9 Å². The molecule has 3 fully saturated rings. The van der Waals surface area contributed by atoms with Crippen molar-refractivity contribution in [3.8, 4) is 17.2 Å². The van der Waals surface area contributed by atoms with Crippen LogP contribution in [-0.2, 0) is 0 Å². The van der Waals surface area contributed by atoms with Crippen LogP contribution < -0.4 is 14.8 Å². The van der Waals surface area contributed by atoms with Gasteiger partial charge in [0.1, 0.15) is 17.2 Å². The number of hydrogen-bond acceptors (Lipinski definition) is 4. The van der Waals surface area contributed by atoms with Crippen molar-refractivity contribution >= 4 is 5.91 Å². The van der Waals surface area contributed by atoms with Gasteiger partial charge in [-0.15, -0.1) is 0 Å². The summed E-state index contributed by atoms with van der Waals surface area (Å²) in [6.45, 7) is 4.55. The largest absolute Gasteiger partial charge is 0.497 e. The first-order valence-electron chi connectivity index (χ1n) is 9.61. The monoisotopic (exact) mass is 366 g/mol. The van der Waals surface area contributed by atoms with Crippen LogP contribution in [0.3, 0.4) is 0 Å². The van der Waals surface area contributed by atoms with E-state index >= 15 is 0 Å². The molecule has 0 saturated carbocycles. The average Bonchev–Trinajstić information content (AvgIpc) is 2.71. The molecule has 142 valence electrons. The number of ether oxygens (including phenoxy) is 2. The predicted molar refractivity (Wildman–Crippen MR) is 105 cm³/mol. The van der Waals surface area contributed by atoms with Crippen LogP contribution in [0.2, 0.25) is 0 Å². The van der Waals surface area contributed by atoms with Crippen molar-refractivity contribution in [3.05, 3.63) is 54.1 Å². The van der Waals surface area contributed by atoms with E-state index in [2.05, 4.69) is 17.1 Å². The van der Waals surface area contributed by atoms with Crippen molar-refractivity contribution in [2.24, 2.45) is 5.92 Å². The van der Waals surface area contributed by atoms with Crippen LogP contribution in [-0.4, -0.2) is 43.1 Å². The topological polar surface area (TPSA) is 50.8 Å². The highest BCUT2D eigenvalue weighted by atomic mass is 16.5. The van der Waals surface area contributed by atoms with Gasteiger partial charge in [-0.25, -0.2) is 0 Å². The van der Waals surface area contributed by atoms with Gasteiger partial charge in [0, 0.05) is 23.7 Å². The Kier molecular flexibility index (Phi) is 5.03. The van der Waals surface area contributed by atoms with Crippen LogP contribution in [0.5, 0.6) is 17.2 Å². The standard InChI is InChI=1S/C22H26N2O3/c1-15-21(16-10-12-24(15)13-11-16)23-22(25)17-6-8-18(9-7-17)27-20-5-3-4-19(14-20)26-2/h3-9,14-16,21H,10-13H2,1-2H3,(H,23,25)/t15-,21-/m0/s1. The van der Waals surface area contributed by atoms with Gasteiger partial charge in [-0.2, -0.15) is 0 Å². The number of fused-ring (bicyclic) bond motifs is 3. The first-order chi connectivity index (χ1) is 13.1. The van der Waals surface area contributed by atoms with Gasteiger partial charge in [-0.3, -0.25) is 9.69 Å². The molecule has 2 aromatic rings. The molecule has 3 saturated heterocycles. The maximum atomic E-state index is 12.7.